The minimum Gasteiger partial charge on any atom is -0.394 e. The minimum absolute atomic E-state index is 0.161. The van der Waals surface area contributed by atoms with Crippen LogP contribution in [0.25, 0.3) is 0 Å². The molecule has 0 aromatic heterocycles. The highest BCUT2D eigenvalue weighted by molar-refractivity contribution is 6.33. The molecule has 1 aromatic carbocycles. The van der Waals surface area contributed by atoms with Gasteiger partial charge in [0.2, 0.25) is 0 Å². The Hall–Kier alpha value is -0.770. The Balaban J connectivity index is 2.27. The van der Waals surface area contributed by atoms with Crippen LogP contribution in [0.1, 0.15) is 31.4 Å². The molecular formula is C13H18ClNO2. The number of hydrogen-bond donors (Lipinski definition) is 2. The van der Waals surface area contributed by atoms with Crippen molar-refractivity contribution in [2.75, 3.05) is 18.1 Å². The van der Waals surface area contributed by atoms with E-state index in [2.05, 4.69) is 4.90 Å². The van der Waals surface area contributed by atoms with Crippen LogP contribution in [0.5, 0.6) is 0 Å². The fourth-order valence-corrected chi connectivity index (χ4v) is 2.66. The summed E-state index contributed by atoms with van der Waals surface area (Å²) in [6, 6.07) is 5.79. The van der Waals surface area contributed by atoms with Crippen LogP contribution in [0.2, 0.25) is 5.02 Å². The summed E-state index contributed by atoms with van der Waals surface area (Å²) in [6.45, 7) is 2.81. The molecule has 3 nitrogen and oxygen atoms in total. The Bertz CT molecular complexity index is 395. The van der Waals surface area contributed by atoms with Gasteiger partial charge in [0.25, 0.3) is 0 Å². The van der Waals surface area contributed by atoms with Crippen LogP contribution in [0, 0.1) is 0 Å². The third-order valence-corrected chi connectivity index (χ3v) is 3.65. The highest BCUT2D eigenvalue weighted by Crippen LogP contribution is 2.33. The molecular weight excluding hydrogens is 238 g/mol. The molecule has 0 saturated carbocycles. The highest BCUT2D eigenvalue weighted by atomic mass is 35.5. The van der Waals surface area contributed by atoms with Crippen LogP contribution in [0.3, 0.4) is 0 Å². The molecule has 2 N–H and O–H groups in total. The predicted octanol–water partition coefficient (Wildman–Crippen LogP) is 2.35. The topological polar surface area (TPSA) is 43.7 Å². The third kappa shape index (κ3) is 2.57. The van der Waals surface area contributed by atoms with Gasteiger partial charge in [0.1, 0.15) is 0 Å². The average Bonchev–Trinajstić information content (AvgIpc) is 2.76. The molecule has 0 aliphatic carbocycles. The molecule has 94 valence electrons. The van der Waals surface area contributed by atoms with Gasteiger partial charge in [0.05, 0.1) is 29.5 Å². The van der Waals surface area contributed by atoms with Gasteiger partial charge < -0.3 is 15.1 Å². The van der Waals surface area contributed by atoms with E-state index in [9.17, 15) is 10.2 Å². The molecule has 1 aliphatic heterocycles. The number of nitrogens with zero attached hydrogens (tertiary/aromatic N) is 1. The number of anilines is 1. The summed E-state index contributed by atoms with van der Waals surface area (Å²) in [7, 11) is 0. The predicted molar refractivity (Wildman–Crippen MR) is 69.5 cm³/mol. The van der Waals surface area contributed by atoms with E-state index in [1.54, 1.807) is 13.0 Å². The van der Waals surface area contributed by atoms with Crippen molar-refractivity contribution in [1.82, 2.24) is 0 Å². The van der Waals surface area contributed by atoms with Crippen molar-refractivity contribution in [3.05, 3.63) is 28.8 Å². The molecule has 2 rings (SSSR count). The van der Waals surface area contributed by atoms with Crippen LogP contribution < -0.4 is 4.90 Å². The largest absolute Gasteiger partial charge is 0.394 e. The first-order valence-corrected chi connectivity index (χ1v) is 6.36. The zero-order valence-corrected chi connectivity index (χ0v) is 10.7. The van der Waals surface area contributed by atoms with E-state index >= 15 is 0 Å². The second-order valence-corrected chi connectivity index (χ2v) is 4.97. The molecule has 4 heteroatoms. The van der Waals surface area contributed by atoms with Gasteiger partial charge >= 0.3 is 0 Å². The number of aliphatic hydroxyl groups excluding tert-OH is 2. The molecule has 1 heterocycles. The lowest BCUT2D eigenvalue weighted by atomic mass is 10.1. The van der Waals surface area contributed by atoms with Crippen LogP contribution in [-0.2, 0) is 0 Å². The summed E-state index contributed by atoms with van der Waals surface area (Å²) < 4.78 is 0. The van der Waals surface area contributed by atoms with Crippen LogP contribution in [-0.4, -0.2) is 29.4 Å². The fourth-order valence-electron chi connectivity index (χ4n) is 2.36. The van der Waals surface area contributed by atoms with Gasteiger partial charge in [-0.1, -0.05) is 17.7 Å². The minimum atomic E-state index is -0.506. The number of hydrogen-bond acceptors (Lipinski definition) is 3. The van der Waals surface area contributed by atoms with Crippen molar-refractivity contribution in [1.29, 1.82) is 0 Å². The van der Waals surface area contributed by atoms with Gasteiger partial charge in [-0.05, 0) is 37.5 Å². The standard InChI is InChI=1S/C13H18ClNO2/c1-9(17)10-4-5-13(12(14)7-10)15-6-2-3-11(15)8-16/h4-5,7,9,11,16-17H,2-3,6,8H2,1H3/t9-,11?/m0/s1. The van der Waals surface area contributed by atoms with Crippen molar-refractivity contribution < 1.29 is 10.2 Å². The molecule has 17 heavy (non-hydrogen) atoms. The maximum atomic E-state index is 9.49. The van der Waals surface area contributed by atoms with Crippen molar-refractivity contribution in [3.63, 3.8) is 0 Å². The normalized spacial score (nSPS) is 21.9. The molecule has 1 unspecified atom stereocenters. The van der Waals surface area contributed by atoms with Crippen LogP contribution in [0.15, 0.2) is 18.2 Å². The van der Waals surface area contributed by atoms with E-state index < -0.39 is 6.10 Å². The molecule has 0 radical (unpaired) electrons. The molecule has 1 fully saturated rings. The Kier molecular flexibility index (Phi) is 3.92. The number of aliphatic hydroxyl groups is 2. The number of halogens is 1. The zero-order valence-electron chi connectivity index (χ0n) is 9.93. The maximum Gasteiger partial charge on any atom is 0.0762 e. The van der Waals surface area contributed by atoms with Crippen molar-refractivity contribution >= 4 is 17.3 Å². The van der Waals surface area contributed by atoms with E-state index in [1.807, 2.05) is 12.1 Å². The molecule has 1 aliphatic rings. The van der Waals surface area contributed by atoms with Crippen LogP contribution in [0.4, 0.5) is 5.69 Å². The molecule has 0 bridgehead atoms. The molecule has 1 saturated heterocycles. The maximum absolute atomic E-state index is 9.49. The van der Waals surface area contributed by atoms with E-state index in [0.717, 1.165) is 30.6 Å². The first-order valence-electron chi connectivity index (χ1n) is 5.98. The van der Waals surface area contributed by atoms with Gasteiger partial charge in [-0.2, -0.15) is 0 Å². The Morgan fingerprint density at radius 3 is 2.88 bits per heavy atom. The Labute approximate surface area is 107 Å². The summed E-state index contributed by atoms with van der Waals surface area (Å²) in [6.07, 6.45) is 1.58. The van der Waals surface area contributed by atoms with Gasteiger partial charge in [0.15, 0.2) is 0 Å². The summed E-state index contributed by atoms with van der Waals surface area (Å²) in [5, 5.41) is 19.4. The van der Waals surface area contributed by atoms with Gasteiger partial charge in [0, 0.05) is 6.54 Å². The van der Waals surface area contributed by atoms with Crippen LogP contribution >= 0.6 is 11.6 Å². The van der Waals surface area contributed by atoms with Gasteiger partial charge in [-0.25, -0.2) is 0 Å². The molecule has 0 amide bonds. The monoisotopic (exact) mass is 255 g/mol. The van der Waals surface area contributed by atoms with E-state index in [4.69, 9.17) is 11.6 Å². The Morgan fingerprint density at radius 1 is 1.53 bits per heavy atom. The van der Waals surface area contributed by atoms with Gasteiger partial charge in [-0.3, -0.25) is 0 Å². The third-order valence-electron chi connectivity index (χ3n) is 3.35. The fraction of sp³-hybridized carbons (Fsp3) is 0.538. The first-order chi connectivity index (χ1) is 8.13. The second kappa shape index (κ2) is 5.25. The average molecular weight is 256 g/mol. The Morgan fingerprint density at radius 2 is 2.29 bits per heavy atom. The molecule has 0 spiro atoms. The SMILES string of the molecule is C[C@H](O)c1ccc(N2CCCC2CO)c(Cl)c1. The first kappa shape index (κ1) is 12.7. The molecule has 2 atom stereocenters. The summed E-state index contributed by atoms with van der Waals surface area (Å²) in [4.78, 5) is 2.15. The zero-order chi connectivity index (χ0) is 12.4. The van der Waals surface area contributed by atoms with E-state index in [-0.39, 0.29) is 12.6 Å². The van der Waals surface area contributed by atoms with E-state index in [0.29, 0.717) is 5.02 Å². The lowest BCUT2D eigenvalue weighted by molar-refractivity contribution is 0.199. The second-order valence-electron chi connectivity index (χ2n) is 4.56. The van der Waals surface area contributed by atoms with Crippen molar-refractivity contribution in [2.45, 2.75) is 31.9 Å². The smallest absolute Gasteiger partial charge is 0.0762 e. The molecule has 1 aromatic rings. The van der Waals surface area contributed by atoms with Gasteiger partial charge in [-0.15, -0.1) is 0 Å². The lowest BCUT2D eigenvalue weighted by Crippen LogP contribution is -2.32. The summed E-state index contributed by atoms with van der Waals surface area (Å²) >= 11 is 6.24. The number of rotatable bonds is 3. The lowest BCUT2D eigenvalue weighted by Gasteiger charge is -2.26. The highest BCUT2D eigenvalue weighted by Gasteiger charge is 2.25. The summed E-state index contributed by atoms with van der Waals surface area (Å²) in [5.41, 5.74) is 1.77. The number of benzene rings is 1. The van der Waals surface area contributed by atoms with E-state index in [1.165, 1.54) is 0 Å². The van der Waals surface area contributed by atoms with Crippen molar-refractivity contribution in [3.8, 4) is 0 Å². The van der Waals surface area contributed by atoms with Crippen molar-refractivity contribution in [2.24, 2.45) is 0 Å². The quantitative estimate of drug-likeness (QED) is 0.872. The summed E-state index contributed by atoms with van der Waals surface area (Å²) in [5.74, 6) is 0.